The first-order valence-corrected chi connectivity index (χ1v) is 6.08. The maximum absolute atomic E-state index is 12.3. The monoisotopic (exact) mass is 251 g/mol. The van der Waals surface area contributed by atoms with Crippen LogP contribution in [0.3, 0.4) is 0 Å². The highest BCUT2D eigenvalue weighted by atomic mass is 16.5. The number of aryl methyl sites for hydroxylation is 1. The molecule has 2 rings (SSSR count). The average molecular weight is 251 g/mol. The summed E-state index contributed by atoms with van der Waals surface area (Å²) in [7, 11) is 1.34. The van der Waals surface area contributed by atoms with Crippen molar-refractivity contribution in [2.45, 2.75) is 32.2 Å². The quantitative estimate of drug-likeness (QED) is 0.751. The maximum Gasteiger partial charge on any atom is 0.328 e. The van der Waals surface area contributed by atoms with Gasteiger partial charge in [-0.1, -0.05) is 0 Å². The molecule has 0 radical (unpaired) electrons. The summed E-state index contributed by atoms with van der Waals surface area (Å²) in [5, 5.41) is 0. The van der Waals surface area contributed by atoms with Crippen LogP contribution in [0.5, 0.6) is 0 Å². The molecule has 2 heterocycles. The normalized spacial score (nSPS) is 19.7. The van der Waals surface area contributed by atoms with Gasteiger partial charge in [-0.3, -0.25) is 4.79 Å². The fourth-order valence-corrected chi connectivity index (χ4v) is 2.28. The number of nitrogens with zero attached hydrogens (tertiary/aromatic N) is 1. The second kappa shape index (κ2) is 5.25. The van der Waals surface area contributed by atoms with Crippen molar-refractivity contribution in [1.82, 2.24) is 4.90 Å². The molecule has 1 aromatic rings. The fraction of sp³-hybridized carbons (Fsp3) is 0.538. The van der Waals surface area contributed by atoms with Crippen molar-refractivity contribution in [2.75, 3.05) is 13.7 Å². The lowest BCUT2D eigenvalue weighted by Crippen LogP contribution is -2.48. The zero-order valence-electron chi connectivity index (χ0n) is 10.6. The molecule has 0 bridgehead atoms. The SMILES string of the molecule is COC(=O)[C@H]1CCCCN1C(=O)c1occc1C. The van der Waals surface area contributed by atoms with Crippen LogP contribution < -0.4 is 0 Å². The van der Waals surface area contributed by atoms with E-state index in [1.54, 1.807) is 11.0 Å². The molecule has 1 aromatic heterocycles. The van der Waals surface area contributed by atoms with Crippen molar-refractivity contribution < 1.29 is 18.7 Å². The highest BCUT2D eigenvalue weighted by Crippen LogP contribution is 2.22. The molecule has 0 aliphatic carbocycles. The third-order valence-corrected chi connectivity index (χ3v) is 3.29. The summed E-state index contributed by atoms with van der Waals surface area (Å²) < 4.78 is 9.95. The van der Waals surface area contributed by atoms with Crippen molar-refractivity contribution in [3.05, 3.63) is 23.7 Å². The number of carbonyl (C=O) groups excluding carboxylic acids is 2. The molecule has 1 saturated heterocycles. The van der Waals surface area contributed by atoms with Gasteiger partial charge in [0.1, 0.15) is 6.04 Å². The lowest BCUT2D eigenvalue weighted by atomic mass is 10.0. The minimum Gasteiger partial charge on any atom is -0.467 e. The Hall–Kier alpha value is -1.78. The van der Waals surface area contributed by atoms with Gasteiger partial charge in [0, 0.05) is 12.1 Å². The Morgan fingerprint density at radius 1 is 1.44 bits per heavy atom. The van der Waals surface area contributed by atoms with E-state index in [1.165, 1.54) is 13.4 Å². The third kappa shape index (κ3) is 2.25. The van der Waals surface area contributed by atoms with Gasteiger partial charge in [-0.15, -0.1) is 0 Å². The number of likely N-dealkylation sites (tertiary alicyclic amines) is 1. The van der Waals surface area contributed by atoms with Crippen LogP contribution >= 0.6 is 0 Å². The van der Waals surface area contributed by atoms with E-state index in [-0.39, 0.29) is 11.9 Å². The Balaban J connectivity index is 2.21. The number of furan rings is 1. The number of amides is 1. The number of piperidine rings is 1. The van der Waals surface area contributed by atoms with Crippen LogP contribution in [-0.4, -0.2) is 36.5 Å². The summed E-state index contributed by atoms with van der Waals surface area (Å²) in [5.74, 6) is -0.273. The summed E-state index contributed by atoms with van der Waals surface area (Å²) in [6.07, 6.45) is 3.97. The molecule has 0 N–H and O–H groups in total. The van der Waals surface area contributed by atoms with Crippen LogP contribution in [0.1, 0.15) is 35.4 Å². The molecule has 1 aliphatic rings. The topological polar surface area (TPSA) is 59.8 Å². The largest absolute Gasteiger partial charge is 0.467 e. The fourth-order valence-electron chi connectivity index (χ4n) is 2.28. The molecular weight excluding hydrogens is 234 g/mol. The van der Waals surface area contributed by atoms with Crippen LogP contribution in [0.2, 0.25) is 0 Å². The number of hydrogen-bond acceptors (Lipinski definition) is 4. The first-order valence-electron chi connectivity index (χ1n) is 6.08. The molecule has 18 heavy (non-hydrogen) atoms. The van der Waals surface area contributed by atoms with E-state index in [0.29, 0.717) is 18.7 Å². The van der Waals surface area contributed by atoms with E-state index in [1.807, 2.05) is 6.92 Å². The molecular formula is C13H17NO4. The second-order valence-corrected chi connectivity index (χ2v) is 4.47. The summed E-state index contributed by atoms with van der Waals surface area (Å²) >= 11 is 0. The summed E-state index contributed by atoms with van der Waals surface area (Å²) in [4.78, 5) is 25.6. The van der Waals surface area contributed by atoms with Gasteiger partial charge >= 0.3 is 5.97 Å². The smallest absolute Gasteiger partial charge is 0.328 e. The average Bonchev–Trinajstić information content (AvgIpc) is 2.83. The van der Waals surface area contributed by atoms with E-state index in [0.717, 1.165) is 18.4 Å². The van der Waals surface area contributed by atoms with Gasteiger partial charge in [0.2, 0.25) is 0 Å². The Morgan fingerprint density at radius 2 is 2.22 bits per heavy atom. The molecule has 1 atom stereocenters. The number of ether oxygens (including phenoxy) is 1. The van der Waals surface area contributed by atoms with Crippen LogP contribution in [0.15, 0.2) is 16.7 Å². The van der Waals surface area contributed by atoms with Gasteiger partial charge in [-0.25, -0.2) is 4.79 Å². The molecule has 5 nitrogen and oxygen atoms in total. The number of carbonyl (C=O) groups is 2. The second-order valence-electron chi connectivity index (χ2n) is 4.47. The van der Waals surface area contributed by atoms with E-state index >= 15 is 0 Å². The lowest BCUT2D eigenvalue weighted by molar-refractivity contribution is -0.147. The van der Waals surface area contributed by atoms with E-state index in [4.69, 9.17) is 9.15 Å². The zero-order chi connectivity index (χ0) is 13.1. The predicted molar refractivity (Wildman–Crippen MR) is 64.1 cm³/mol. The lowest BCUT2D eigenvalue weighted by Gasteiger charge is -2.33. The highest BCUT2D eigenvalue weighted by Gasteiger charge is 2.34. The predicted octanol–water partition coefficient (Wildman–Crippen LogP) is 1.76. The van der Waals surface area contributed by atoms with Crippen LogP contribution in [0.25, 0.3) is 0 Å². The zero-order valence-corrected chi connectivity index (χ0v) is 10.6. The Labute approximate surface area is 106 Å². The first-order chi connectivity index (χ1) is 8.65. The van der Waals surface area contributed by atoms with Crippen molar-refractivity contribution in [3.8, 4) is 0 Å². The molecule has 0 saturated carbocycles. The number of esters is 1. The molecule has 98 valence electrons. The molecule has 1 fully saturated rings. The van der Waals surface area contributed by atoms with Gasteiger partial charge in [0.05, 0.1) is 13.4 Å². The molecule has 5 heteroatoms. The molecule has 0 aromatic carbocycles. The number of methoxy groups -OCH3 is 1. The Morgan fingerprint density at radius 3 is 2.83 bits per heavy atom. The Kier molecular flexibility index (Phi) is 3.69. The van der Waals surface area contributed by atoms with Gasteiger partial charge in [-0.05, 0) is 32.3 Å². The molecule has 1 aliphatic heterocycles. The molecule has 1 amide bonds. The van der Waals surface area contributed by atoms with Gasteiger partial charge < -0.3 is 14.1 Å². The standard InChI is InChI=1S/C13H17NO4/c1-9-6-8-18-11(9)12(15)14-7-4-3-5-10(14)13(16)17-2/h6,8,10H,3-5,7H2,1-2H3/t10-/m1/s1. The first kappa shape index (κ1) is 12.7. The van der Waals surface area contributed by atoms with Crippen LogP contribution in [0, 0.1) is 6.92 Å². The van der Waals surface area contributed by atoms with Gasteiger partial charge in [0.15, 0.2) is 5.76 Å². The van der Waals surface area contributed by atoms with Crippen molar-refractivity contribution in [2.24, 2.45) is 0 Å². The van der Waals surface area contributed by atoms with Crippen molar-refractivity contribution in [1.29, 1.82) is 0 Å². The summed E-state index contributed by atoms with van der Waals surface area (Å²) in [6.45, 7) is 2.38. The number of rotatable bonds is 2. The van der Waals surface area contributed by atoms with Crippen molar-refractivity contribution >= 4 is 11.9 Å². The van der Waals surface area contributed by atoms with E-state index in [2.05, 4.69) is 0 Å². The van der Waals surface area contributed by atoms with Gasteiger partial charge in [-0.2, -0.15) is 0 Å². The molecule has 0 spiro atoms. The van der Waals surface area contributed by atoms with Crippen LogP contribution in [-0.2, 0) is 9.53 Å². The van der Waals surface area contributed by atoms with E-state index < -0.39 is 6.04 Å². The maximum atomic E-state index is 12.3. The Bertz CT molecular complexity index is 452. The van der Waals surface area contributed by atoms with E-state index in [9.17, 15) is 9.59 Å². The number of hydrogen-bond donors (Lipinski definition) is 0. The van der Waals surface area contributed by atoms with Crippen molar-refractivity contribution in [3.63, 3.8) is 0 Å². The summed E-state index contributed by atoms with van der Waals surface area (Å²) in [5.41, 5.74) is 0.786. The summed E-state index contributed by atoms with van der Waals surface area (Å²) in [6, 6.07) is 1.25. The third-order valence-electron chi connectivity index (χ3n) is 3.29. The van der Waals surface area contributed by atoms with Gasteiger partial charge in [0.25, 0.3) is 5.91 Å². The highest BCUT2D eigenvalue weighted by molar-refractivity contribution is 5.95. The minimum atomic E-state index is -0.485. The minimum absolute atomic E-state index is 0.229. The molecule has 0 unspecified atom stereocenters. The van der Waals surface area contributed by atoms with Crippen LogP contribution in [0.4, 0.5) is 0 Å².